The number of hydrogen-bond donors (Lipinski definition) is 1. The SMILES string of the molecule is CC(C)N(CCC(=O)O)C(=O)N1CCSCC1. The van der Waals surface area contributed by atoms with E-state index in [0.717, 1.165) is 24.6 Å². The molecule has 1 saturated heterocycles. The number of rotatable bonds is 4. The molecule has 0 aromatic carbocycles. The average molecular weight is 260 g/mol. The van der Waals surface area contributed by atoms with Gasteiger partial charge in [-0.15, -0.1) is 0 Å². The van der Waals surface area contributed by atoms with Crippen molar-refractivity contribution in [3.05, 3.63) is 0 Å². The summed E-state index contributed by atoms with van der Waals surface area (Å²) in [6.07, 6.45) is 0.00646. The molecule has 0 bridgehead atoms. The number of carbonyl (C=O) groups excluding carboxylic acids is 1. The van der Waals surface area contributed by atoms with Crippen LogP contribution >= 0.6 is 11.8 Å². The van der Waals surface area contributed by atoms with Crippen molar-refractivity contribution in [1.29, 1.82) is 0 Å². The fraction of sp³-hybridized carbons (Fsp3) is 0.818. The molecule has 0 aromatic rings. The molecule has 0 saturated carbocycles. The number of hydrogen-bond acceptors (Lipinski definition) is 3. The molecule has 17 heavy (non-hydrogen) atoms. The standard InChI is InChI=1S/C11H20N2O3S/c1-9(2)13(4-3-10(14)15)11(16)12-5-7-17-8-6-12/h9H,3-8H2,1-2H3,(H,14,15). The molecule has 1 heterocycles. The summed E-state index contributed by atoms with van der Waals surface area (Å²) < 4.78 is 0. The number of nitrogens with zero attached hydrogens (tertiary/aromatic N) is 2. The van der Waals surface area contributed by atoms with Crippen molar-refractivity contribution in [2.45, 2.75) is 26.3 Å². The Bertz CT molecular complexity index is 278. The number of carboxylic acid groups (broad SMARTS) is 1. The van der Waals surface area contributed by atoms with Gasteiger partial charge in [0.25, 0.3) is 0 Å². The van der Waals surface area contributed by atoms with Crippen LogP contribution in [0.1, 0.15) is 20.3 Å². The van der Waals surface area contributed by atoms with Crippen molar-refractivity contribution in [2.75, 3.05) is 31.1 Å². The van der Waals surface area contributed by atoms with Crippen LogP contribution in [0.25, 0.3) is 0 Å². The lowest BCUT2D eigenvalue weighted by Gasteiger charge is -2.34. The van der Waals surface area contributed by atoms with E-state index in [4.69, 9.17) is 5.11 Å². The Morgan fingerprint density at radius 1 is 1.35 bits per heavy atom. The van der Waals surface area contributed by atoms with Gasteiger partial charge in [-0.1, -0.05) is 0 Å². The fourth-order valence-electron chi connectivity index (χ4n) is 1.73. The van der Waals surface area contributed by atoms with Gasteiger partial charge in [0.15, 0.2) is 0 Å². The second-order valence-corrected chi connectivity index (χ2v) is 5.54. The molecule has 1 aliphatic heterocycles. The number of urea groups is 1. The van der Waals surface area contributed by atoms with Crippen LogP contribution in [-0.2, 0) is 4.79 Å². The van der Waals surface area contributed by atoms with Gasteiger partial charge in [0.05, 0.1) is 6.42 Å². The summed E-state index contributed by atoms with van der Waals surface area (Å²) in [6, 6.07) is 0.0120. The second kappa shape index (κ2) is 6.74. The number of carboxylic acids is 1. The highest BCUT2D eigenvalue weighted by molar-refractivity contribution is 7.99. The maximum Gasteiger partial charge on any atom is 0.320 e. The van der Waals surface area contributed by atoms with Crippen LogP contribution in [-0.4, -0.2) is 64.1 Å². The van der Waals surface area contributed by atoms with Crippen molar-refractivity contribution >= 4 is 23.8 Å². The zero-order valence-corrected chi connectivity index (χ0v) is 11.2. The highest BCUT2D eigenvalue weighted by atomic mass is 32.2. The van der Waals surface area contributed by atoms with Crippen molar-refractivity contribution in [1.82, 2.24) is 9.80 Å². The molecule has 1 fully saturated rings. The monoisotopic (exact) mass is 260 g/mol. The maximum absolute atomic E-state index is 12.2. The summed E-state index contributed by atoms with van der Waals surface area (Å²) in [5, 5.41) is 8.68. The molecule has 0 aromatic heterocycles. The molecule has 2 amide bonds. The third-order valence-corrected chi connectivity index (χ3v) is 3.66. The zero-order chi connectivity index (χ0) is 12.8. The molecule has 1 aliphatic rings. The van der Waals surface area contributed by atoms with Gasteiger partial charge in [-0.05, 0) is 13.8 Å². The van der Waals surface area contributed by atoms with Gasteiger partial charge < -0.3 is 14.9 Å². The largest absolute Gasteiger partial charge is 0.481 e. The lowest BCUT2D eigenvalue weighted by atomic mass is 10.3. The summed E-state index contributed by atoms with van der Waals surface area (Å²) >= 11 is 1.85. The van der Waals surface area contributed by atoms with Crippen LogP contribution in [0.4, 0.5) is 4.79 Å². The molecular formula is C11H20N2O3S. The van der Waals surface area contributed by atoms with Gasteiger partial charge in [0, 0.05) is 37.2 Å². The first-order valence-electron chi connectivity index (χ1n) is 5.87. The van der Waals surface area contributed by atoms with E-state index in [1.165, 1.54) is 0 Å². The molecule has 6 heteroatoms. The summed E-state index contributed by atoms with van der Waals surface area (Å²) in [5.74, 6) is 1.07. The van der Waals surface area contributed by atoms with Gasteiger partial charge in [0.2, 0.25) is 0 Å². The molecule has 0 unspecified atom stereocenters. The van der Waals surface area contributed by atoms with Gasteiger partial charge in [0.1, 0.15) is 0 Å². The maximum atomic E-state index is 12.2. The normalized spacial score (nSPS) is 16.1. The van der Waals surface area contributed by atoms with Crippen LogP contribution in [0.5, 0.6) is 0 Å². The van der Waals surface area contributed by atoms with Crippen LogP contribution in [0.15, 0.2) is 0 Å². The Morgan fingerprint density at radius 3 is 2.41 bits per heavy atom. The van der Waals surface area contributed by atoms with Crippen molar-refractivity contribution in [3.8, 4) is 0 Å². The van der Waals surface area contributed by atoms with Crippen molar-refractivity contribution in [3.63, 3.8) is 0 Å². The third kappa shape index (κ3) is 4.46. The third-order valence-electron chi connectivity index (χ3n) is 2.72. The number of thioether (sulfide) groups is 1. The van der Waals surface area contributed by atoms with E-state index >= 15 is 0 Å². The average Bonchev–Trinajstić information content (AvgIpc) is 2.29. The minimum atomic E-state index is -0.863. The van der Waals surface area contributed by atoms with Crippen molar-refractivity contribution < 1.29 is 14.7 Å². The van der Waals surface area contributed by atoms with Gasteiger partial charge >= 0.3 is 12.0 Å². The minimum absolute atomic E-state index is 0.00646. The topological polar surface area (TPSA) is 60.9 Å². The van der Waals surface area contributed by atoms with Crippen LogP contribution in [0, 0.1) is 0 Å². The fourth-order valence-corrected chi connectivity index (χ4v) is 2.63. The van der Waals surface area contributed by atoms with Gasteiger partial charge in [-0.25, -0.2) is 4.79 Å². The minimum Gasteiger partial charge on any atom is -0.481 e. The molecule has 0 atom stereocenters. The molecule has 5 nitrogen and oxygen atoms in total. The van der Waals surface area contributed by atoms with E-state index in [1.54, 1.807) is 4.90 Å². The Balaban J connectivity index is 2.55. The smallest absolute Gasteiger partial charge is 0.320 e. The lowest BCUT2D eigenvalue weighted by Crippen LogP contribution is -2.49. The molecule has 0 radical (unpaired) electrons. The Labute approximate surface area is 106 Å². The Hall–Kier alpha value is -0.910. The molecule has 1 rings (SSSR count). The molecule has 0 spiro atoms. The number of aliphatic carboxylic acids is 1. The quantitative estimate of drug-likeness (QED) is 0.828. The summed E-state index contributed by atoms with van der Waals surface area (Å²) in [7, 11) is 0. The number of amides is 2. The summed E-state index contributed by atoms with van der Waals surface area (Å²) in [5.41, 5.74) is 0. The highest BCUT2D eigenvalue weighted by Crippen LogP contribution is 2.13. The Kier molecular flexibility index (Phi) is 5.61. The van der Waals surface area contributed by atoms with Crippen molar-refractivity contribution in [2.24, 2.45) is 0 Å². The van der Waals surface area contributed by atoms with E-state index in [9.17, 15) is 9.59 Å². The van der Waals surface area contributed by atoms with E-state index in [-0.39, 0.29) is 25.0 Å². The zero-order valence-electron chi connectivity index (χ0n) is 10.4. The molecular weight excluding hydrogens is 240 g/mol. The Morgan fingerprint density at radius 2 is 1.94 bits per heavy atom. The molecule has 0 aliphatic carbocycles. The van der Waals surface area contributed by atoms with Gasteiger partial charge in [-0.3, -0.25) is 4.79 Å². The summed E-state index contributed by atoms with van der Waals surface area (Å²) in [6.45, 7) is 5.64. The highest BCUT2D eigenvalue weighted by Gasteiger charge is 2.24. The first-order chi connectivity index (χ1) is 8.02. The van der Waals surface area contributed by atoms with Crippen LogP contribution < -0.4 is 0 Å². The van der Waals surface area contributed by atoms with Crippen LogP contribution in [0.3, 0.4) is 0 Å². The molecule has 98 valence electrons. The molecule has 1 N–H and O–H groups in total. The van der Waals surface area contributed by atoms with E-state index in [1.807, 2.05) is 30.5 Å². The lowest BCUT2D eigenvalue weighted by molar-refractivity contribution is -0.137. The van der Waals surface area contributed by atoms with E-state index in [2.05, 4.69) is 0 Å². The van der Waals surface area contributed by atoms with Gasteiger partial charge in [-0.2, -0.15) is 11.8 Å². The summed E-state index contributed by atoms with van der Waals surface area (Å²) in [4.78, 5) is 26.2. The number of carbonyl (C=O) groups is 2. The van der Waals surface area contributed by atoms with Crippen LogP contribution in [0.2, 0.25) is 0 Å². The van der Waals surface area contributed by atoms with E-state index < -0.39 is 5.97 Å². The predicted molar refractivity (Wildman–Crippen MR) is 68.4 cm³/mol. The predicted octanol–water partition coefficient (Wildman–Crippen LogP) is 1.34. The first kappa shape index (κ1) is 14.2. The first-order valence-corrected chi connectivity index (χ1v) is 7.03. The van der Waals surface area contributed by atoms with E-state index in [0.29, 0.717) is 0 Å². The second-order valence-electron chi connectivity index (χ2n) is 4.31.